The number of hydrogen-bond acceptors (Lipinski definition) is 6. The second-order valence-corrected chi connectivity index (χ2v) is 9.04. The summed E-state index contributed by atoms with van der Waals surface area (Å²) in [5, 5.41) is 2.70. The second kappa shape index (κ2) is 9.67. The highest BCUT2D eigenvalue weighted by Gasteiger charge is 2.35. The normalized spacial score (nSPS) is 14.7. The van der Waals surface area contributed by atoms with Crippen molar-refractivity contribution < 1.29 is 22.7 Å². The fraction of sp³-hybridized carbons (Fsp3) is 0.0833. The Morgan fingerprint density at radius 1 is 1.09 bits per heavy atom. The van der Waals surface area contributed by atoms with E-state index in [1.54, 1.807) is 42.5 Å². The van der Waals surface area contributed by atoms with Crippen LogP contribution in [0, 0.1) is 0 Å². The number of nitrogens with two attached hydrogens (primary N) is 1. The third-order valence-electron chi connectivity index (χ3n) is 4.96. The molecule has 0 saturated carbocycles. The van der Waals surface area contributed by atoms with Crippen molar-refractivity contribution in [2.24, 2.45) is 0 Å². The van der Waals surface area contributed by atoms with Gasteiger partial charge < -0.3 is 15.8 Å². The van der Waals surface area contributed by atoms with E-state index in [2.05, 4.69) is 5.32 Å². The number of hydrogen-bond donors (Lipinski definition) is 3. The summed E-state index contributed by atoms with van der Waals surface area (Å²) in [6, 6.07) is 21.0. The number of carbonyl (C=O) groups is 2. The average molecular weight is 479 g/mol. The molecule has 1 aliphatic heterocycles. The summed E-state index contributed by atoms with van der Waals surface area (Å²) in [4.78, 5) is 24.0. The van der Waals surface area contributed by atoms with E-state index in [1.165, 1.54) is 12.1 Å². The molecular weight excluding hydrogens is 456 g/mol. The van der Waals surface area contributed by atoms with Crippen LogP contribution >= 0.6 is 0 Å². The highest BCUT2D eigenvalue weighted by molar-refractivity contribution is 7.92. The summed E-state index contributed by atoms with van der Waals surface area (Å²) in [7, 11) is -4.01. The summed E-state index contributed by atoms with van der Waals surface area (Å²) in [6.07, 6.45) is 2.90. The average Bonchev–Trinajstić information content (AvgIpc) is 3.10. The molecule has 0 aromatic heterocycles. The van der Waals surface area contributed by atoms with Crippen molar-refractivity contribution in [1.29, 1.82) is 0 Å². The molecule has 1 saturated heterocycles. The first kappa shape index (κ1) is 22.9. The van der Waals surface area contributed by atoms with E-state index >= 15 is 0 Å². The van der Waals surface area contributed by atoms with Gasteiger partial charge in [0.15, 0.2) is 0 Å². The predicted molar refractivity (Wildman–Crippen MR) is 130 cm³/mol. The lowest BCUT2D eigenvalue weighted by molar-refractivity contribution is -0.117. The Bertz CT molecular complexity index is 1360. The molecule has 2 amide bonds. The molecule has 34 heavy (non-hydrogen) atoms. The van der Waals surface area contributed by atoms with Crippen molar-refractivity contribution in [3.05, 3.63) is 90.0 Å². The van der Waals surface area contributed by atoms with Gasteiger partial charge in [0, 0.05) is 6.08 Å². The Balaban J connectivity index is 1.58. The van der Waals surface area contributed by atoms with Crippen molar-refractivity contribution in [2.45, 2.75) is 6.61 Å². The molecule has 174 valence electrons. The van der Waals surface area contributed by atoms with E-state index in [4.69, 9.17) is 10.5 Å². The topological polar surface area (TPSA) is 131 Å². The van der Waals surface area contributed by atoms with Gasteiger partial charge in [0.05, 0.1) is 17.1 Å². The third kappa shape index (κ3) is 5.36. The molecule has 0 atom stereocenters. The molecule has 1 heterocycles. The van der Waals surface area contributed by atoms with Crippen LogP contribution < -0.4 is 24.8 Å². The van der Waals surface area contributed by atoms with Crippen LogP contribution in [0.15, 0.2) is 78.9 Å². The van der Waals surface area contributed by atoms with E-state index < -0.39 is 16.1 Å². The lowest BCUT2D eigenvalue weighted by Gasteiger charge is -2.19. The number of nitrogens with zero attached hydrogens (tertiary/aromatic N) is 1. The quantitative estimate of drug-likeness (QED) is 0.354. The minimum absolute atomic E-state index is 0.185. The van der Waals surface area contributed by atoms with Crippen molar-refractivity contribution in [1.82, 2.24) is 4.72 Å². The maximum absolute atomic E-state index is 12.4. The summed E-state index contributed by atoms with van der Waals surface area (Å²) in [5.41, 5.74) is 8.48. The Labute approximate surface area is 197 Å². The number of benzene rings is 3. The number of carbonyl (C=O) groups excluding carboxylic acids is 2. The Hall–Kier alpha value is -4.31. The monoisotopic (exact) mass is 478 g/mol. The van der Waals surface area contributed by atoms with Gasteiger partial charge in [0.25, 0.3) is 5.91 Å². The molecule has 1 aliphatic rings. The Morgan fingerprint density at radius 2 is 1.82 bits per heavy atom. The van der Waals surface area contributed by atoms with Gasteiger partial charge in [-0.15, -0.1) is 0 Å². The van der Waals surface area contributed by atoms with Crippen LogP contribution in [0.4, 0.5) is 17.1 Å². The van der Waals surface area contributed by atoms with Crippen LogP contribution in [0.5, 0.6) is 5.75 Å². The van der Waals surface area contributed by atoms with E-state index in [-0.39, 0.29) is 30.5 Å². The lowest BCUT2D eigenvalue weighted by atomic mass is 10.1. The Kier molecular flexibility index (Phi) is 6.51. The second-order valence-electron chi connectivity index (χ2n) is 7.45. The van der Waals surface area contributed by atoms with Gasteiger partial charge in [-0.25, -0.2) is 9.03 Å². The number of nitrogen functional groups attached to an aromatic ring is 1. The zero-order valence-electron chi connectivity index (χ0n) is 18.0. The van der Waals surface area contributed by atoms with Gasteiger partial charge in [-0.3, -0.25) is 9.59 Å². The minimum Gasteiger partial charge on any atom is -0.487 e. The molecule has 0 spiro atoms. The van der Waals surface area contributed by atoms with E-state index in [9.17, 15) is 18.0 Å². The number of anilines is 3. The van der Waals surface area contributed by atoms with Crippen LogP contribution in [-0.4, -0.2) is 26.8 Å². The van der Waals surface area contributed by atoms with Gasteiger partial charge in [-0.1, -0.05) is 48.5 Å². The summed E-state index contributed by atoms with van der Waals surface area (Å²) >= 11 is 0. The maximum atomic E-state index is 12.4. The fourth-order valence-corrected chi connectivity index (χ4v) is 4.47. The van der Waals surface area contributed by atoms with Gasteiger partial charge in [0.2, 0.25) is 5.91 Å². The summed E-state index contributed by atoms with van der Waals surface area (Å²) < 4.78 is 33.6. The Morgan fingerprint density at radius 3 is 2.53 bits per heavy atom. The SMILES string of the molecule is Nc1ccccc1NC(=O)C=Cc1ccc(N2CC(=O)NS2(=O)=O)c(OCc2ccccc2)c1. The van der Waals surface area contributed by atoms with E-state index in [0.717, 1.165) is 9.87 Å². The number of ether oxygens (including phenoxy) is 1. The van der Waals surface area contributed by atoms with Crippen LogP contribution in [0.3, 0.4) is 0 Å². The van der Waals surface area contributed by atoms with Gasteiger partial charge >= 0.3 is 10.2 Å². The van der Waals surface area contributed by atoms with Crippen LogP contribution in [0.2, 0.25) is 0 Å². The molecule has 0 aliphatic carbocycles. The third-order valence-corrected chi connectivity index (χ3v) is 6.35. The molecule has 1 fully saturated rings. The molecular formula is C24H22N4O5S. The van der Waals surface area contributed by atoms with E-state index in [1.807, 2.05) is 35.1 Å². The van der Waals surface area contributed by atoms with Crippen LogP contribution in [0.1, 0.15) is 11.1 Å². The highest BCUT2D eigenvalue weighted by Crippen LogP contribution is 2.33. The molecule has 0 unspecified atom stereocenters. The molecule has 3 aromatic carbocycles. The van der Waals surface area contributed by atoms with Crippen LogP contribution in [0.25, 0.3) is 6.08 Å². The standard InChI is InChI=1S/C24H22N4O5S/c25-19-8-4-5-9-20(19)26-23(29)13-11-17-10-12-21(28-15-24(30)27-34(28,31)32)22(14-17)33-16-18-6-2-1-3-7-18/h1-14H,15-16,25H2,(H,26,29)(H,27,30). The first-order valence-electron chi connectivity index (χ1n) is 10.3. The molecule has 4 rings (SSSR count). The van der Waals surface area contributed by atoms with Crippen LogP contribution in [-0.2, 0) is 26.4 Å². The zero-order chi connectivity index (χ0) is 24.1. The van der Waals surface area contributed by atoms with Crippen molar-refractivity contribution >= 4 is 45.2 Å². The summed E-state index contributed by atoms with van der Waals surface area (Å²) in [5.74, 6) is -0.765. The molecule has 10 heteroatoms. The smallest absolute Gasteiger partial charge is 0.326 e. The molecule has 9 nitrogen and oxygen atoms in total. The lowest BCUT2D eigenvalue weighted by Crippen LogP contribution is -2.29. The predicted octanol–water partition coefficient (Wildman–Crippen LogP) is 2.68. The number of para-hydroxylation sites is 2. The first-order chi connectivity index (χ1) is 16.3. The van der Waals surface area contributed by atoms with Gasteiger partial charge in [0.1, 0.15) is 18.9 Å². The fourth-order valence-electron chi connectivity index (χ4n) is 3.31. The van der Waals surface area contributed by atoms with Crippen molar-refractivity contribution in [3.8, 4) is 5.75 Å². The largest absolute Gasteiger partial charge is 0.487 e. The summed E-state index contributed by atoms with van der Waals surface area (Å²) in [6.45, 7) is -0.163. The van der Waals surface area contributed by atoms with Crippen molar-refractivity contribution in [2.75, 3.05) is 21.9 Å². The van der Waals surface area contributed by atoms with Crippen molar-refractivity contribution in [3.63, 3.8) is 0 Å². The molecule has 0 radical (unpaired) electrons. The number of amides is 2. The highest BCUT2D eigenvalue weighted by atomic mass is 32.2. The molecule has 0 bridgehead atoms. The van der Waals surface area contributed by atoms with Gasteiger partial charge in [-0.2, -0.15) is 8.42 Å². The zero-order valence-corrected chi connectivity index (χ0v) is 18.8. The van der Waals surface area contributed by atoms with Gasteiger partial charge in [-0.05, 0) is 41.5 Å². The van der Waals surface area contributed by atoms with E-state index in [0.29, 0.717) is 16.9 Å². The number of rotatable bonds is 7. The minimum atomic E-state index is -4.01. The first-order valence-corrected chi connectivity index (χ1v) is 11.7. The molecule has 3 aromatic rings. The molecule has 4 N–H and O–H groups in total. The number of nitrogens with one attached hydrogen (secondary N) is 2. The maximum Gasteiger partial charge on any atom is 0.326 e.